The van der Waals surface area contributed by atoms with Crippen molar-refractivity contribution in [2.24, 2.45) is 0 Å². The third-order valence-electron chi connectivity index (χ3n) is 4.25. The first-order valence-electron chi connectivity index (χ1n) is 8.93. The van der Waals surface area contributed by atoms with Gasteiger partial charge in [-0.3, -0.25) is 4.98 Å². The molecular weight excluding hydrogens is 335 g/mol. The number of ether oxygens (including phenoxy) is 2. The first kappa shape index (κ1) is 18.4. The number of hydrogen-bond acceptors (Lipinski definition) is 4. The number of aryl methyl sites for hydroxylation is 1. The van der Waals surface area contributed by atoms with Crippen LogP contribution in [0.5, 0.6) is 5.75 Å². The van der Waals surface area contributed by atoms with Gasteiger partial charge < -0.3 is 14.4 Å². The lowest BCUT2D eigenvalue weighted by Crippen LogP contribution is -2.44. The third-order valence-corrected chi connectivity index (χ3v) is 4.25. The highest BCUT2D eigenvalue weighted by Crippen LogP contribution is 2.29. The number of hydrogen-bond donors (Lipinski definition) is 0. The fourth-order valence-electron chi connectivity index (χ4n) is 3.05. The summed E-state index contributed by atoms with van der Waals surface area (Å²) in [5.74, 6) is 0.329. The molecule has 1 aliphatic heterocycles. The van der Waals surface area contributed by atoms with Crippen molar-refractivity contribution in [3.8, 4) is 5.75 Å². The number of carbonyl (C=O) groups is 1. The average Bonchev–Trinajstić information content (AvgIpc) is 2.54. The van der Waals surface area contributed by atoms with Crippen molar-refractivity contribution in [3.63, 3.8) is 0 Å². The Balaban J connectivity index is 1.68. The van der Waals surface area contributed by atoms with Crippen LogP contribution in [0.2, 0.25) is 0 Å². The highest BCUT2D eigenvalue weighted by atomic mass is 19.1. The Bertz CT molecular complexity index is 809. The van der Waals surface area contributed by atoms with E-state index in [0.717, 1.165) is 5.69 Å². The summed E-state index contributed by atoms with van der Waals surface area (Å²) in [4.78, 5) is 18.3. The predicted octanol–water partition coefficient (Wildman–Crippen LogP) is 4.46. The van der Waals surface area contributed by atoms with E-state index in [-0.39, 0.29) is 18.0 Å². The Morgan fingerprint density at radius 1 is 1.23 bits per heavy atom. The zero-order chi connectivity index (χ0) is 18.9. The number of rotatable bonds is 2. The molecule has 0 radical (unpaired) electrons. The molecule has 3 rings (SSSR count). The minimum Gasteiger partial charge on any atom is -0.490 e. The molecule has 1 aromatic heterocycles. The Labute approximate surface area is 153 Å². The van der Waals surface area contributed by atoms with Crippen molar-refractivity contribution in [2.45, 2.75) is 52.2 Å². The number of likely N-dealkylation sites (tertiary alicyclic amines) is 1. The fourth-order valence-corrected chi connectivity index (χ4v) is 3.05. The van der Waals surface area contributed by atoms with E-state index in [9.17, 15) is 9.18 Å². The Morgan fingerprint density at radius 2 is 1.92 bits per heavy atom. The van der Waals surface area contributed by atoms with Gasteiger partial charge >= 0.3 is 6.09 Å². The summed E-state index contributed by atoms with van der Waals surface area (Å²) in [6.45, 7) is 8.62. The Morgan fingerprint density at radius 3 is 2.58 bits per heavy atom. The Hall–Kier alpha value is -2.37. The van der Waals surface area contributed by atoms with Crippen LogP contribution >= 0.6 is 0 Å². The molecule has 1 aromatic carbocycles. The van der Waals surface area contributed by atoms with E-state index in [2.05, 4.69) is 4.98 Å². The molecule has 0 atom stereocenters. The smallest absolute Gasteiger partial charge is 0.410 e. The van der Waals surface area contributed by atoms with Gasteiger partial charge in [0.1, 0.15) is 23.3 Å². The predicted molar refractivity (Wildman–Crippen MR) is 97.9 cm³/mol. The summed E-state index contributed by atoms with van der Waals surface area (Å²) in [5.41, 5.74) is 1.04. The maximum Gasteiger partial charge on any atom is 0.410 e. The van der Waals surface area contributed by atoms with Gasteiger partial charge in [0, 0.05) is 43.1 Å². The molecule has 0 N–H and O–H groups in total. The summed E-state index contributed by atoms with van der Waals surface area (Å²) < 4.78 is 25.2. The standard InChI is InChI=1S/C20H25FN2O3/c1-13-11-18(16-12-14(21)5-6-17(16)22-13)25-15-7-9-23(10-8-15)19(24)26-20(2,3)4/h5-6,11-12,15H,7-10H2,1-4H3. The molecule has 140 valence electrons. The quantitative estimate of drug-likeness (QED) is 0.793. The zero-order valence-electron chi connectivity index (χ0n) is 15.7. The summed E-state index contributed by atoms with van der Waals surface area (Å²) in [5, 5.41) is 0.671. The van der Waals surface area contributed by atoms with Gasteiger partial charge in [-0.25, -0.2) is 9.18 Å². The van der Waals surface area contributed by atoms with Gasteiger partial charge in [-0.1, -0.05) is 0 Å². The normalized spacial score (nSPS) is 16.0. The van der Waals surface area contributed by atoms with E-state index in [0.29, 0.717) is 42.6 Å². The first-order valence-corrected chi connectivity index (χ1v) is 8.93. The van der Waals surface area contributed by atoms with Gasteiger partial charge in [0.15, 0.2) is 0 Å². The van der Waals surface area contributed by atoms with E-state index < -0.39 is 5.60 Å². The summed E-state index contributed by atoms with van der Waals surface area (Å²) in [6.07, 6.45) is 1.10. The number of aromatic nitrogens is 1. The lowest BCUT2D eigenvalue weighted by atomic mass is 10.1. The number of pyridine rings is 1. The van der Waals surface area contributed by atoms with Crippen LogP contribution in [0, 0.1) is 12.7 Å². The van der Waals surface area contributed by atoms with Gasteiger partial charge in [0.05, 0.1) is 5.52 Å². The van der Waals surface area contributed by atoms with Crippen molar-refractivity contribution in [1.29, 1.82) is 0 Å². The third kappa shape index (κ3) is 4.42. The highest BCUT2D eigenvalue weighted by Gasteiger charge is 2.28. The van der Waals surface area contributed by atoms with Crippen molar-refractivity contribution in [3.05, 3.63) is 35.8 Å². The minimum absolute atomic E-state index is 0.0260. The lowest BCUT2D eigenvalue weighted by Gasteiger charge is -2.33. The molecule has 0 bridgehead atoms. The van der Waals surface area contributed by atoms with Crippen molar-refractivity contribution in [2.75, 3.05) is 13.1 Å². The second-order valence-corrected chi connectivity index (χ2v) is 7.71. The topological polar surface area (TPSA) is 51.7 Å². The van der Waals surface area contributed by atoms with Crippen LogP contribution in [0.1, 0.15) is 39.3 Å². The molecule has 26 heavy (non-hydrogen) atoms. The number of benzene rings is 1. The average molecular weight is 360 g/mol. The lowest BCUT2D eigenvalue weighted by molar-refractivity contribution is 0.0128. The Kier molecular flexibility index (Phi) is 5.03. The molecule has 5 nitrogen and oxygen atoms in total. The fraction of sp³-hybridized carbons (Fsp3) is 0.500. The van der Waals surface area contributed by atoms with Crippen LogP contribution < -0.4 is 4.74 Å². The van der Waals surface area contributed by atoms with E-state index in [1.165, 1.54) is 12.1 Å². The molecule has 0 unspecified atom stereocenters. The summed E-state index contributed by atoms with van der Waals surface area (Å²) >= 11 is 0. The number of amides is 1. The number of piperidine rings is 1. The molecule has 2 heterocycles. The van der Waals surface area contributed by atoms with Crippen LogP contribution in [0.3, 0.4) is 0 Å². The van der Waals surface area contributed by atoms with Gasteiger partial charge in [-0.15, -0.1) is 0 Å². The largest absolute Gasteiger partial charge is 0.490 e. The van der Waals surface area contributed by atoms with E-state index in [1.807, 2.05) is 33.8 Å². The molecule has 2 aromatic rings. The second kappa shape index (κ2) is 7.09. The SMILES string of the molecule is Cc1cc(OC2CCN(C(=O)OC(C)(C)C)CC2)c2cc(F)ccc2n1. The molecule has 6 heteroatoms. The van der Waals surface area contributed by atoms with Gasteiger partial charge in [0.2, 0.25) is 0 Å². The number of nitrogens with zero attached hydrogens (tertiary/aromatic N) is 2. The molecule has 0 saturated carbocycles. The number of halogens is 1. The first-order chi connectivity index (χ1) is 12.2. The van der Waals surface area contributed by atoms with E-state index >= 15 is 0 Å². The van der Waals surface area contributed by atoms with Crippen LogP contribution in [0.15, 0.2) is 24.3 Å². The molecule has 0 spiro atoms. The van der Waals surface area contributed by atoms with Crippen LogP contribution in [-0.2, 0) is 4.74 Å². The molecular formula is C20H25FN2O3. The van der Waals surface area contributed by atoms with Gasteiger partial charge in [-0.2, -0.15) is 0 Å². The number of carbonyl (C=O) groups excluding carboxylic acids is 1. The van der Waals surface area contributed by atoms with Crippen LogP contribution in [-0.4, -0.2) is 40.8 Å². The van der Waals surface area contributed by atoms with E-state index in [4.69, 9.17) is 9.47 Å². The summed E-state index contributed by atoms with van der Waals surface area (Å²) in [6, 6.07) is 6.35. The summed E-state index contributed by atoms with van der Waals surface area (Å²) in [7, 11) is 0. The zero-order valence-corrected chi connectivity index (χ0v) is 15.7. The van der Waals surface area contributed by atoms with Gasteiger partial charge in [0.25, 0.3) is 0 Å². The molecule has 0 aliphatic carbocycles. The molecule has 1 fully saturated rings. The minimum atomic E-state index is -0.498. The monoisotopic (exact) mass is 360 g/mol. The van der Waals surface area contributed by atoms with Crippen molar-refractivity contribution < 1.29 is 18.7 Å². The van der Waals surface area contributed by atoms with Crippen LogP contribution in [0.4, 0.5) is 9.18 Å². The maximum absolute atomic E-state index is 13.6. The number of fused-ring (bicyclic) bond motifs is 1. The van der Waals surface area contributed by atoms with Crippen molar-refractivity contribution >= 4 is 17.0 Å². The molecule has 1 saturated heterocycles. The van der Waals surface area contributed by atoms with E-state index in [1.54, 1.807) is 11.0 Å². The molecule has 1 aliphatic rings. The van der Waals surface area contributed by atoms with Gasteiger partial charge in [-0.05, 0) is 45.9 Å². The second-order valence-electron chi connectivity index (χ2n) is 7.71. The highest BCUT2D eigenvalue weighted by molar-refractivity contribution is 5.85. The van der Waals surface area contributed by atoms with Crippen LogP contribution in [0.25, 0.3) is 10.9 Å². The molecule has 1 amide bonds. The maximum atomic E-state index is 13.6. The van der Waals surface area contributed by atoms with Crippen molar-refractivity contribution in [1.82, 2.24) is 9.88 Å².